The van der Waals surface area contributed by atoms with Crippen LogP contribution in [0.1, 0.15) is 88.5 Å². The number of aliphatic hydroxyl groups excluding tert-OH is 2. The van der Waals surface area contributed by atoms with E-state index in [-0.39, 0.29) is 107 Å². The van der Waals surface area contributed by atoms with Crippen molar-refractivity contribution in [3.8, 4) is 17.9 Å². The number of carbonyl (C=O) groups excluding carboxylic acids is 5. The lowest BCUT2D eigenvalue weighted by molar-refractivity contribution is -0.384. The fourth-order valence-corrected chi connectivity index (χ4v) is 11.6. The minimum absolute atomic E-state index is 0.0150. The second-order valence-corrected chi connectivity index (χ2v) is 26.1. The molecule has 0 unspecified atom stereocenters. The molecule has 25 nitrogen and oxygen atoms in total. The number of fused-ring (bicyclic) bond motifs is 2. The molecule has 0 radical (unpaired) electrons. The number of nitriles is 2. The van der Waals surface area contributed by atoms with Gasteiger partial charge in [0.15, 0.2) is 12.6 Å². The van der Waals surface area contributed by atoms with Gasteiger partial charge in [0.1, 0.15) is 31.2 Å². The van der Waals surface area contributed by atoms with Crippen LogP contribution in [0, 0.1) is 55.4 Å². The topological polar surface area (TPSA) is 330 Å². The minimum Gasteiger partial charge on any atom is -0.445 e. The first kappa shape index (κ1) is 77.9. The highest BCUT2D eigenvalue weighted by Crippen LogP contribution is 2.35. The summed E-state index contributed by atoms with van der Waals surface area (Å²) in [5.41, 5.74) is 2.04. The second kappa shape index (κ2) is 38.2. The molecule has 4 fully saturated rings. The van der Waals surface area contributed by atoms with Crippen molar-refractivity contribution >= 4 is 36.0 Å². The number of non-ortho nitro benzene ring substituents is 1. The molecule has 0 aliphatic carbocycles. The Morgan fingerprint density at radius 3 is 1.40 bits per heavy atom. The lowest BCUT2D eigenvalue weighted by Gasteiger charge is -2.35. The fraction of sp³-hybridized carbons (Fsp3) is 0.486. The van der Waals surface area contributed by atoms with Gasteiger partial charge in [0.05, 0.1) is 92.7 Å². The number of nitrogens with zero attached hydrogens (tertiary/aromatic N) is 5. The van der Waals surface area contributed by atoms with Crippen molar-refractivity contribution in [1.29, 1.82) is 10.5 Å². The largest absolute Gasteiger partial charge is 0.514 e. The third-order valence-corrected chi connectivity index (χ3v) is 16.9. The summed E-state index contributed by atoms with van der Waals surface area (Å²) in [5, 5.41) is 55.8. The molecule has 4 heterocycles. The quantitative estimate of drug-likeness (QED) is 0.0119. The van der Waals surface area contributed by atoms with Crippen molar-refractivity contribution in [1.82, 2.24) is 20.4 Å². The number of hydrogen-bond donors (Lipinski definition) is 4. The number of ether oxygens (including phenoxy) is 9. The van der Waals surface area contributed by atoms with E-state index in [2.05, 4.69) is 17.5 Å². The predicted octanol–water partition coefficient (Wildman–Crippen LogP) is 10.9. The number of nitro benzene ring substituents is 1. The highest BCUT2D eigenvalue weighted by molar-refractivity contribution is 5.82. The van der Waals surface area contributed by atoms with Crippen LogP contribution in [-0.4, -0.2) is 163 Å². The Bertz CT molecular complexity index is 3480. The van der Waals surface area contributed by atoms with Crippen molar-refractivity contribution in [3.63, 3.8) is 0 Å². The summed E-state index contributed by atoms with van der Waals surface area (Å²) in [5.74, 6) is -1.98. The van der Waals surface area contributed by atoms with E-state index >= 15 is 0 Å². The van der Waals surface area contributed by atoms with Gasteiger partial charge in [-0.3, -0.25) is 14.9 Å². The van der Waals surface area contributed by atoms with Crippen molar-refractivity contribution < 1.29 is 94.9 Å². The van der Waals surface area contributed by atoms with Crippen LogP contribution in [0.25, 0.3) is 0 Å². The Morgan fingerprint density at radius 2 is 1.00 bits per heavy atom. The van der Waals surface area contributed by atoms with Crippen LogP contribution in [0.3, 0.4) is 0 Å². The number of nitrogens with one attached hydrogen (secondary N) is 2. The first-order valence-corrected chi connectivity index (χ1v) is 32.8. The predicted molar refractivity (Wildman–Crippen MR) is 353 cm³/mol. The van der Waals surface area contributed by atoms with Gasteiger partial charge in [-0.05, 0) is 83.7 Å². The van der Waals surface area contributed by atoms with Crippen LogP contribution in [0.2, 0.25) is 0 Å². The van der Waals surface area contributed by atoms with Crippen LogP contribution in [0.4, 0.5) is 38.0 Å². The smallest absolute Gasteiger partial charge is 0.445 e. The van der Waals surface area contributed by atoms with E-state index in [1.807, 2.05) is 99.7 Å². The molecule has 28 heteroatoms. The van der Waals surface area contributed by atoms with Gasteiger partial charge in [0.2, 0.25) is 0 Å². The number of rotatable bonds is 28. The summed E-state index contributed by atoms with van der Waals surface area (Å²) in [6.07, 6.45) is -8.83. The molecular formula is C72H86F3N7O18. The molecule has 0 bridgehead atoms. The van der Waals surface area contributed by atoms with E-state index in [9.17, 15) is 57.5 Å². The molecule has 0 spiro atoms. The number of alkyl halides is 3. The number of amides is 4. The second-order valence-electron chi connectivity index (χ2n) is 26.1. The van der Waals surface area contributed by atoms with Gasteiger partial charge >= 0.3 is 36.5 Å². The van der Waals surface area contributed by atoms with Gasteiger partial charge in [0.25, 0.3) is 5.69 Å². The molecule has 4 aliphatic rings. The van der Waals surface area contributed by atoms with Gasteiger partial charge in [-0.15, -0.1) is 0 Å². The van der Waals surface area contributed by atoms with Crippen LogP contribution < -0.4 is 15.4 Å². The Balaban J connectivity index is 0.000000221. The number of alkyl carbamates (subject to hydrolysis) is 1. The van der Waals surface area contributed by atoms with E-state index < -0.39 is 82.7 Å². The summed E-state index contributed by atoms with van der Waals surface area (Å²) in [6.45, 7) is 9.19. The van der Waals surface area contributed by atoms with Crippen LogP contribution in [0.15, 0.2) is 146 Å². The van der Waals surface area contributed by atoms with Crippen LogP contribution in [-0.2, 0) is 68.7 Å². The standard InChI is InChI=1S/C32H41N3O7.C27H32F3N3O4.C13H13NO7/c1-32(2,15-9-16-33)22-35(31(38)41-20-24-12-7-4-8-13-24)19-27(36)26(18-23-10-5-3-6-11-23)34-30(37)42-28-21-40-29-25(28)14-17-39-29;1-26(2,14-9-15-31)19-33(25(36)37-18-21-12-7-4-8-13-21)17-23(34)22(32-24(35)27(28,29)30)16-20-10-5-3-6-11-20;15-13(20-9-3-1-8(2-4-9)14(16)17)21-11-7-19-12-10(11)5-6-18-12/h3-8,10-13,25-29,36H,9,14-15,17-22H2,1-2H3,(H,34,37);3-8,10-13,22-23,34H,9,14,16-19H2,1-2H3,(H,32,35);1-4,10-12H,5-7H2/t25-,26-,27+,28-,29+;22-,23+;10-,11-,12+/m000/s1. The zero-order valence-corrected chi connectivity index (χ0v) is 56.2. The molecular weight excluding hydrogens is 1310 g/mol. The van der Waals surface area contributed by atoms with Gasteiger partial charge in [0, 0.05) is 38.1 Å². The fourth-order valence-electron chi connectivity index (χ4n) is 11.6. The maximum absolute atomic E-state index is 13.3. The first-order chi connectivity index (χ1) is 47.8. The van der Waals surface area contributed by atoms with Crippen molar-refractivity contribution in [2.45, 2.75) is 148 Å². The Kier molecular flexibility index (Phi) is 29.8. The molecule has 10 atom stereocenters. The van der Waals surface area contributed by atoms with E-state index in [4.69, 9.17) is 53.2 Å². The lowest BCUT2D eigenvalue weighted by atomic mass is 9.87. The summed E-state index contributed by atoms with van der Waals surface area (Å²) in [6, 6.07) is 43.5. The molecule has 538 valence electrons. The number of halogens is 3. The van der Waals surface area contributed by atoms with Crippen LogP contribution in [0.5, 0.6) is 5.75 Å². The van der Waals surface area contributed by atoms with Crippen molar-refractivity contribution in [3.05, 3.63) is 178 Å². The van der Waals surface area contributed by atoms with E-state index in [0.717, 1.165) is 29.5 Å². The maximum atomic E-state index is 13.3. The van der Waals surface area contributed by atoms with Gasteiger partial charge in [-0.1, -0.05) is 149 Å². The highest BCUT2D eigenvalue weighted by Gasteiger charge is 2.46. The SMILES string of the molecule is CC(C)(CCC#N)CN(C[C@@H](O)[C@H](Cc1ccccc1)NC(=O)C(F)(F)F)C(=O)OCc1ccccc1.CC(C)(CCC#N)CN(C[C@@H](O)[C@H](Cc1ccccc1)NC(=O)O[C@H]1CO[C@H]2OCC[C@H]21)C(=O)OCc1ccccc1.O=C(Oc1ccc([N+](=O)[O-])cc1)O[C@H]1CO[C@H]2OCC[C@H]21. The van der Waals surface area contributed by atoms with E-state index in [1.165, 1.54) is 34.1 Å². The third kappa shape index (κ3) is 25.7. The molecule has 5 aromatic carbocycles. The molecule has 0 aromatic heterocycles. The Labute approximate surface area is 578 Å². The summed E-state index contributed by atoms with van der Waals surface area (Å²) in [4.78, 5) is 75.5. The highest BCUT2D eigenvalue weighted by atomic mass is 19.4. The molecule has 4 amide bonds. The zero-order valence-electron chi connectivity index (χ0n) is 56.2. The monoisotopic (exact) mass is 1390 g/mol. The van der Waals surface area contributed by atoms with Crippen molar-refractivity contribution in [2.24, 2.45) is 22.7 Å². The Morgan fingerprint density at radius 1 is 0.600 bits per heavy atom. The maximum Gasteiger partial charge on any atom is 0.514 e. The average Bonchev–Trinajstić information content (AvgIpc) is 1.59. The van der Waals surface area contributed by atoms with Gasteiger partial charge in [-0.25, -0.2) is 19.2 Å². The lowest BCUT2D eigenvalue weighted by Crippen LogP contribution is -2.54. The number of aliphatic hydroxyl groups is 2. The normalized spacial score (nSPS) is 19.4. The van der Waals surface area contributed by atoms with E-state index in [0.29, 0.717) is 44.5 Å². The number of carbonyl (C=O) groups is 5. The average molecular weight is 1390 g/mol. The summed E-state index contributed by atoms with van der Waals surface area (Å²) >= 11 is 0. The summed E-state index contributed by atoms with van der Waals surface area (Å²) < 4.78 is 87.7. The third-order valence-electron chi connectivity index (χ3n) is 16.9. The van der Waals surface area contributed by atoms with Crippen molar-refractivity contribution in [2.75, 3.05) is 52.6 Å². The summed E-state index contributed by atoms with van der Waals surface area (Å²) in [7, 11) is 0. The van der Waals surface area contributed by atoms with Crippen LogP contribution >= 0.6 is 0 Å². The molecule has 9 rings (SSSR count). The van der Waals surface area contributed by atoms with E-state index in [1.54, 1.807) is 54.6 Å². The molecule has 4 aliphatic heterocycles. The number of benzene rings is 5. The number of nitro groups is 1. The minimum atomic E-state index is -5.14. The molecule has 5 aromatic rings. The molecule has 0 saturated carbocycles. The van der Waals surface area contributed by atoms with Gasteiger partial charge < -0.3 is 73.3 Å². The number of hydrogen-bond acceptors (Lipinski definition) is 20. The molecule has 100 heavy (non-hydrogen) atoms. The molecule has 4 saturated heterocycles. The Hall–Kier alpha value is -9.42. The first-order valence-electron chi connectivity index (χ1n) is 32.8. The molecule has 4 N–H and O–H groups in total. The van der Waals surface area contributed by atoms with Gasteiger partial charge in [-0.2, -0.15) is 23.7 Å². The zero-order chi connectivity index (χ0) is 72.2.